The second kappa shape index (κ2) is 12.6. The van der Waals surface area contributed by atoms with E-state index in [1.54, 1.807) is 42.5 Å². The van der Waals surface area contributed by atoms with Crippen molar-refractivity contribution in [1.82, 2.24) is 0 Å². The molecular weight excluding hydrogens is 701 g/mol. The highest BCUT2D eigenvalue weighted by Crippen LogP contribution is 2.31. The molecule has 9 heteroatoms. The molecule has 0 saturated carbocycles. The number of hydrogen-bond donors (Lipinski definition) is 1. The van der Waals surface area contributed by atoms with Gasteiger partial charge in [0.05, 0.1) is 13.7 Å². The zero-order chi connectivity index (χ0) is 24.7. The summed E-state index contributed by atoms with van der Waals surface area (Å²) in [6.07, 6.45) is 1.55. The Hall–Kier alpha value is -2.00. The number of nitrogens with one attached hydrogen (secondary N) is 1. The summed E-state index contributed by atoms with van der Waals surface area (Å²) in [5, 5.41) is 13.4. The number of anilines is 1. The first-order valence-corrected chi connectivity index (χ1v) is 12.9. The number of ether oxygens (including phenoxy) is 2. The van der Waals surface area contributed by atoms with Gasteiger partial charge < -0.3 is 14.8 Å². The van der Waals surface area contributed by atoms with Crippen LogP contribution in [-0.4, -0.2) is 12.5 Å². The first-order chi connectivity index (χ1) is 16.3. The van der Waals surface area contributed by atoms with E-state index in [1.807, 2.05) is 31.2 Å². The molecular formula is C25H18Cl2I2N2O3. The van der Waals surface area contributed by atoms with Gasteiger partial charge in [-0.3, -0.25) is 4.79 Å². The Labute approximate surface area is 235 Å². The molecule has 0 atom stereocenters. The fraction of sp³-hybridized carbons (Fsp3) is 0.120. The molecule has 0 heterocycles. The number of rotatable bonds is 8. The number of amides is 1. The lowest BCUT2D eigenvalue weighted by molar-refractivity contribution is -0.112. The van der Waals surface area contributed by atoms with Crippen LogP contribution < -0.4 is 14.8 Å². The summed E-state index contributed by atoms with van der Waals surface area (Å²) in [4.78, 5) is 12.6. The first kappa shape index (κ1) is 26.6. The lowest BCUT2D eigenvalue weighted by Crippen LogP contribution is -2.13. The predicted molar refractivity (Wildman–Crippen MR) is 153 cm³/mol. The van der Waals surface area contributed by atoms with Gasteiger partial charge in [-0.15, -0.1) is 0 Å². The predicted octanol–water partition coefficient (Wildman–Crippen LogP) is 7.73. The van der Waals surface area contributed by atoms with Gasteiger partial charge in [0.2, 0.25) is 0 Å². The number of halogens is 4. The quantitative estimate of drug-likeness (QED) is 0.147. The van der Waals surface area contributed by atoms with Gasteiger partial charge in [-0.2, -0.15) is 5.26 Å². The standard InChI is InChI=1S/C25H18Cl2I2N2O3/c1-2-33-20-7-5-19(6-8-20)31-25(32)17(13-30)9-15-10-22(28)24(23(29)11-15)34-14-16-3-4-18(26)12-21(16)27/h3-12H,2,14H2,1H3,(H,31,32)/b17-9-. The van der Waals surface area contributed by atoms with Crippen LogP contribution in [0.25, 0.3) is 6.08 Å². The molecule has 34 heavy (non-hydrogen) atoms. The van der Waals surface area contributed by atoms with E-state index in [1.165, 1.54) is 0 Å². The van der Waals surface area contributed by atoms with E-state index in [9.17, 15) is 10.1 Å². The average molecular weight is 719 g/mol. The molecule has 0 fully saturated rings. The average Bonchev–Trinajstić information content (AvgIpc) is 2.79. The van der Waals surface area contributed by atoms with E-state index in [2.05, 4.69) is 50.5 Å². The Balaban J connectivity index is 1.74. The van der Waals surface area contributed by atoms with Crippen molar-refractivity contribution in [2.75, 3.05) is 11.9 Å². The molecule has 0 spiro atoms. The Bertz CT molecular complexity index is 1250. The molecule has 1 N–H and O–H groups in total. The van der Waals surface area contributed by atoms with Gasteiger partial charge in [-0.05, 0) is 112 Å². The highest BCUT2D eigenvalue weighted by atomic mass is 127. The van der Waals surface area contributed by atoms with Crippen LogP contribution >= 0.6 is 68.4 Å². The maximum atomic E-state index is 12.6. The highest BCUT2D eigenvalue weighted by Gasteiger charge is 2.13. The molecule has 3 aromatic rings. The van der Waals surface area contributed by atoms with Crippen LogP contribution in [0.1, 0.15) is 18.1 Å². The van der Waals surface area contributed by atoms with Crippen molar-refractivity contribution in [3.63, 3.8) is 0 Å². The third-order valence-electron chi connectivity index (χ3n) is 4.51. The molecule has 0 saturated heterocycles. The molecule has 3 rings (SSSR count). The summed E-state index contributed by atoms with van der Waals surface area (Å²) in [6.45, 7) is 2.74. The topological polar surface area (TPSA) is 71.3 Å². The van der Waals surface area contributed by atoms with Crippen LogP contribution in [0.2, 0.25) is 10.0 Å². The molecule has 5 nitrogen and oxygen atoms in total. The maximum absolute atomic E-state index is 12.6. The minimum Gasteiger partial charge on any atom is -0.494 e. The van der Waals surface area contributed by atoms with Crippen LogP contribution in [-0.2, 0) is 11.4 Å². The van der Waals surface area contributed by atoms with Crippen molar-refractivity contribution in [3.8, 4) is 17.6 Å². The Morgan fingerprint density at radius 1 is 1.06 bits per heavy atom. The van der Waals surface area contributed by atoms with E-state index in [0.717, 1.165) is 12.7 Å². The summed E-state index contributed by atoms with van der Waals surface area (Å²) in [5.74, 6) is 0.914. The van der Waals surface area contributed by atoms with Gasteiger partial charge in [0.15, 0.2) is 0 Å². The first-order valence-electron chi connectivity index (χ1n) is 10.0. The molecule has 0 unspecified atom stereocenters. The van der Waals surface area contributed by atoms with Crippen molar-refractivity contribution in [2.24, 2.45) is 0 Å². The number of nitrogens with zero attached hydrogens (tertiary/aromatic N) is 1. The summed E-state index contributed by atoms with van der Waals surface area (Å²) in [6, 6.07) is 17.9. The van der Waals surface area contributed by atoms with Gasteiger partial charge in [-0.1, -0.05) is 29.3 Å². The number of hydrogen-bond acceptors (Lipinski definition) is 4. The van der Waals surface area contributed by atoms with Crippen LogP contribution in [0.4, 0.5) is 5.69 Å². The van der Waals surface area contributed by atoms with Crippen LogP contribution in [0.3, 0.4) is 0 Å². The molecule has 0 bridgehead atoms. The van der Waals surface area contributed by atoms with Gasteiger partial charge >= 0.3 is 0 Å². The summed E-state index contributed by atoms with van der Waals surface area (Å²) < 4.78 is 13.1. The van der Waals surface area contributed by atoms with E-state index in [4.69, 9.17) is 32.7 Å². The van der Waals surface area contributed by atoms with Crippen LogP contribution in [0, 0.1) is 18.5 Å². The molecule has 174 valence electrons. The normalized spacial score (nSPS) is 11.0. The fourth-order valence-corrected chi connectivity index (χ4v) is 5.49. The lowest BCUT2D eigenvalue weighted by Gasteiger charge is -2.13. The van der Waals surface area contributed by atoms with Crippen LogP contribution in [0.5, 0.6) is 11.5 Å². The van der Waals surface area contributed by atoms with Crippen molar-refractivity contribution in [2.45, 2.75) is 13.5 Å². The molecule has 1 amide bonds. The summed E-state index contributed by atoms with van der Waals surface area (Å²) in [5.41, 5.74) is 2.09. The zero-order valence-electron chi connectivity index (χ0n) is 17.9. The fourth-order valence-electron chi connectivity index (χ4n) is 2.90. The van der Waals surface area contributed by atoms with Crippen molar-refractivity contribution >= 4 is 86.1 Å². The molecule has 0 aliphatic rings. The molecule has 0 aromatic heterocycles. The second-order valence-corrected chi connectivity index (χ2v) is 10.1. The van der Waals surface area contributed by atoms with E-state index in [0.29, 0.717) is 39.4 Å². The third-order valence-corrected chi connectivity index (χ3v) is 6.70. The number of benzene rings is 3. The minimum atomic E-state index is -0.491. The van der Waals surface area contributed by atoms with E-state index < -0.39 is 5.91 Å². The van der Waals surface area contributed by atoms with Crippen molar-refractivity contribution in [3.05, 3.63) is 88.5 Å². The highest BCUT2D eigenvalue weighted by molar-refractivity contribution is 14.1. The summed E-state index contributed by atoms with van der Waals surface area (Å²) >= 11 is 16.5. The van der Waals surface area contributed by atoms with Gasteiger partial charge in [-0.25, -0.2) is 0 Å². The lowest BCUT2D eigenvalue weighted by atomic mass is 10.1. The van der Waals surface area contributed by atoms with Gasteiger partial charge in [0.1, 0.15) is 29.7 Å². The van der Waals surface area contributed by atoms with Crippen molar-refractivity contribution in [1.29, 1.82) is 5.26 Å². The Kier molecular flexibility index (Phi) is 9.88. The number of carbonyl (C=O) groups is 1. The smallest absolute Gasteiger partial charge is 0.266 e. The van der Waals surface area contributed by atoms with Gasteiger partial charge in [0.25, 0.3) is 5.91 Å². The Morgan fingerprint density at radius 3 is 2.32 bits per heavy atom. The van der Waals surface area contributed by atoms with Gasteiger partial charge in [0, 0.05) is 21.3 Å². The van der Waals surface area contributed by atoms with E-state index in [-0.39, 0.29) is 12.2 Å². The summed E-state index contributed by atoms with van der Waals surface area (Å²) in [7, 11) is 0. The largest absolute Gasteiger partial charge is 0.494 e. The molecule has 3 aromatic carbocycles. The second-order valence-electron chi connectivity index (χ2n) is 6.92. The third kappa shape index (κ3) is 7.25. The molecule has 0 aliphatic heterocycles. The number of carbonyl (C=O) groups excluding carboxylic acids is 1. The van der Waals surface area contributed by atoms with Crippen molar-refractivity contribution < 1.29 is 14.3 Å². The molecule has 0 radical (unpaired) electrons. The molecule has 0 aliphatic carbocycles. The minimum absolute atomic E-state index is 0.0119. The SMILES string of the molecule is CCOc1ccc(NC(=O)/C(C#N)=C\c2cc(I)c(OCc3ccc(Cl)cc3Cl)c(I)c2)cc1. The zero-order valence-corrected chi connectivity index (χ0v) is 23.7. The monoisotopic (exact) mass is 718 g/mol. The van der Waals surface area contributed by atoms with E-state index >= 15 is 0 Å². The number of nitriles is 1. The Morgan fingerprint density at radius 2 is 1.74 bits per heavy atom. The van der Waals surface area contributed by atoms with Crippen LogP contribution in [0.15, 0.2) is 60.2 Å². The maximum Gasteiger partial charge on any atom is 0.266 e.